The van der Waals surface area contributed by atoms with E-state index in [2.05, 4.69) is 25.6 Å². The number of imidazole rings is 1. The summed E-state index contributed by atoms with van der Waals surface area (Å²) in [6.07, 6.45) is 1.71. The van der Waals surface area contributed by atoms with Crippen molar-refractivity contribution in [2.45, 2.75) is 0 Å². The van der Waals surface area contributed by atoms with Gasteiger partial charge in [-0.3, -0.25) is 4.79 Å². The van der Waals surface area contributed by atoms with Gasteiger partial charge in [0.05, 0.1) is 10.4 Å². The van der Waals surface area contributed by atoms with E-state index in [4.69, 9.17) is 0 Å². The average Bonchev–Trinajstić information content (AvgIpc) is 3.36. The number of aromatic hydroxyl groups is 1. The number of H-pyrrole nitrogens is 1. The highest BCUT2D eigenvalue weighted by molar-refractivity contribution is 7.13. The molecule has 0 spiro atoms. The summed E-state index contributed by atoms with van der Waals surface area (Å²) in [7, 11) is 0. The van der Waals surface area contributed by atoms with Gasteiger partial charge in [0.25, 0.3) is 5.91 Å². The van der Waals surface area contributed by atoms with E-state index < -0.39 is 0 Å². The molecule has 0 unspecified atom stereocenters. The lowest BCUT2D eigenvalue weighted by Crippen LogP contribution is -2.29. The summed E-state index contributed by atoms with van der Waals surface area (Å²) in [6.45, 7) is 0.977. The number of hydrogen-bond acceptors (Lipinski definition) is 6. The molecule has 0 bridgehead atoms. The molecule has 3 aromatic heterocycles. The molecule has 1 amide bonds. The van der Waals surface area contributed by atoms with Crippen LogP contribution in [-0.2, 0) is 0 Å². The van der Waals surface area contributed by atoms with Gasteiger partial charge in [0, 0.05) is 19.3 Å². The number of benzene rings is 1. The van der Waals surface area contributed by atoms with Gasteiger partial charge in [-0.1, -0.05) is 12.1 Å². The fourth-order valence-electron chi connectivity index (χ4n) is 2.72. The summed E-state index contributed by atoms with van der Waals surface area (Å²) in [5.74, 6) is 1.21. The fourth-order valence-corrected chi connectivity index (χ4v) is 3.39. The van der Waals surface area contributed by atoms with Crippen molar-refractivity contribution in [3.63, 3.8) is 0 Å². The molecular weight excluding hydrogens is 362 g/mol. The topological polar surface area (TPSA) is 103 Å². The number of phenolic OH excluding ortho intramolecular Hbond substituents is 1. The largest absolute Gasteiger partial charge is 0.506 e. The molecule has 0 saturated heterocycles. The van der Waals surface area contributed by atoms with Gasteiger partial charge >= 0.3 is 0 Å². The molecule has 4 aromatic rings. The zero-order valence-electron chi connectivity index (χ0n) is 14.3. The maximum atomic E-state index is 12.6. The number of nitrogens with zero attached hydrogens (tertiary/aromatic N) is 2. The number of carbonyl (C=O) groups excluding carboxylic acids is 1. The smallest absolute Gasteiger partial charge is 0.253 e. The summed E-state index contributed by atoms with van der Waals surface area (Å²) in [4.78, 5) is 25.3. The van der Waals surface area contributed by atoms with Crippen LogP contribution in [0.4, 0.5) is 5.82 Å². The van der Waals surface area contributed by atoms with E-state index in [9.17, 15) is 9.90 Å². The van der Waals surface area contributed by atoms with E-state index in [0.717, 1.165) is 10.7 Å². The van der Waals surface area contributed by atoms with Crippen LogP contribution in [0, 0.1) is 0 Å². The number of aromatic amines is 1. The number of hydrogen-bond donors (Lipinski definition) is 4. The second-order valence-electron chi connectivity index (χ2n) is 5.82. The van der Waals surface area contributed by atoms with Crippen LogP contribution in [-0.4, -0.2) is 39.1 Å². The first-order chi connectivity index (χ1) is 13.2. The Hall–Kier alpha value is -3.39. The molecule has 0 atom stereocenters. The van der Waals surface area contributed by atoms with E-state index in [1.807, 2.05) is 35.7 Å². The normalized spacial score (nSPS) is 10.8. The maximum absolute atomic E-state index is 12.6. The first-order valence-electron chi connectivity index (χ1n) is 8.41. The zero-order chi connectivity index (χ0) is 18.6. The van der Waals surface area contributed by atoms with Crippen molar-refractivity contribution in [1.29, 1.82) is 0 Å². The summed E-state index contributed by atoms with van der Waals surface area (Å²) in [5.41, 5.74) is 1.32. The first kappa shape index (κ1) is 17.0. The molecule has 0 aliphatic carbocycles. The third kappa shape index (κ3) is 3.61. The SMILES string of the molecule is O=C(NCCNc1ccccn1)c1ccc(O)c2[nH]c(-c3cccs3)nc12. The molecule has 0 aliphatic rings. The number of aromatic nitrogens is 3. The Bertz CT molecular complexity index is 1060. The molecular formula is C19H17N5O2S. The van der Waals surface area contributed by atoms with Crippen molar-refractivity contribution in [2.24, 2.45) is 0 Å². The minimum atomic E-state index is -0.243. The molecule has 4 rings (SSSR count). The van der Waals surface area contributed by atoms with E-state index in [1.165, 1.54) is 17.4 Å². The number of amides is 1. The van der Waals surface area contributed by atoms with Gasteiger partial charge in [-0.15, -0.1) is 11.3 Å². The monoisotopic (exact) mass is 379 g/mol. The van der Waals surface area contributed by atoms with Crippen LogP contribution in [0.1, 0.15) is 10.4 Å². The molecule has 1 aromatic carbocycles. The summed E-state index contributed by atoms with van der Waals surface area (Å²) >= 11 is 1.54. The van der Waals surface area contributed by atoms with Crippen LogP contribution in [0.25, 0.3) is 21.7 Å². The molecule has 3 heterocycles. The number of anilines is 1. The summed E-state index contributed by atoms with van der Waals surface area (Å²) in [5, 5.41) is 18.1. The first-order valence-corrected chi connectivity index (χ1v) is 9.29. The highest BCUT2D eigenvalue weighted by Crippen LogP contribution is 2.30. The number of pyridine rings is 1. The number of rotatable bonds is 6. The number of thiophene rings is 1. The molecule has 0 aliphatic heterocycles. The highest BCUT2D eigenvalue weighted by atomic mass is 32.1. The highest BCUT2D eigenvalue weighted by Gasteiger charge is 2.17. The number of carbonyl (C=O) groups is 1. The lowest BCUT2D eigenvalue weighted by Gasteiger charge is -2.08. The van der Waals surface area contributed by atoms with Crippen LogP contribution in [0.15, 0.2) is 54.0 Å². The third-order valence-corrected chi connectivity index (χ3v) is 4.88. The molecule has 7 nitrogen and oxygen atoms in total. The Kier molecular flexibility index (Phi) is 4.71. The quantitative estimate of drug-likeness (QED) is 0.385. The third-order valence-electron chi connectivity index (χ3n) is 4.00. The predicted molar refractivity (Wildman–Crippen MR) is 106 cm³/mol. The molecule has 8 heteroatoms. The minimum absolute atomic E-state index is 0.0636. The van der Waals surface area contributed by atoms with Crippen LogP contribution in [0.5, 0.6) is 5.75 Å². The Morgan fingerprint density at radius 1 is 1.15 bits per heavy atom. The second kappa shape index (κ2) is 7.46. The lowest BCUT2D eigenvalue weighted by molar-refractivity contribution is 0.0956. The fraction of sp³-hybridized carbons (Fsp3) is 0.105. The zero-order valence-corrected chi connectivity index (χ0v) is 15.1. The van der Waals surface area contributed by atoms with Crippen molar-refractivity contribution in [1.82, 2.24) is 20.3 Å². The molecule has 0 saturated carbocycles. The van der Waals surface area contributed by atoms with E-state index in [-0.39, 0.29) is 11.7 Å². The van der Waals surface area contributed by atoms with Gasteiger partial charge in [0.1, 0.15) is 28.4 Å². The molecule has 0 radical (unpaired) electrons. The number of nitrogens with one attached hydrogen (secondary N) is 3. The standard InChI is InChI=1S/C19H17N5O2S/c25-13-7-6-12(16-17(13)24-18(23-16)14-4-3-11-27-14)19(26)22-10-9-21-15-5-1-2-8-20-15/h1-8,11,25H,9-10H2,(H,20,21)(H,22,26)(H,23,24). The van der Waals surface area contributed by atoms with Gasteiger partial charge in [-0.25, -0.2) is 9.97 Å². The Balaban J connectivity index is 1.49. The Morgan fingerprint density at radius 2 is 2.07 bits per heavy atom. The van der Waals surface area contributed by atoms with Crippen LogP contribution in [0.3, 0.4) is 0 Å². The van der Waals surface area contributed by atoms with Crippen molar-refractivity contribution in [3.8, 4) is 16.5 Å². The molecule has 27 heavy (non-hydrogen) atoms. The lowest BCUT2D eigenvalue weighted by atomic mass is 10.1. The number of fused-ring (bicyclic) bond motifs is 1. The van der Waals surface area contributed by atoms with Gasteiger partial charge in [-0.2, -0.15) is 0 Å². The van der Waals surface area contributed by atoms with Crippen LogP contribution in [0.2, 0.25) is 0 Å². The van der Waals surface area contributed by atoms with Gasteiger partial charge in [0.2, 0.25) is 0 Å². The molecule has 4 N–H and O–H groups in total. The summed E-state index contributed by atoms with van der Waals surface area (Å²) in [6, 6.07) is 12.5. The minimum Gasteiger partial charge on any atom is -0.506 e. The van der Waals surface area contributed by atoms with E-state index >= 15 is 0 Å². The average molecular weight is 379 g/mol. The van der Waals surface area contributed by atoms with E-state index in [0.29, 0.717) is 35.5 Å². The van der Waals surface area contributed by atoms with Crippen molar-refractivity contribution >= 4 is 34.1 Å². The molecule has 0 fully saturated rings. The van der Waals surface area contributed by atoms with Crippen molar-refractivity contribution in [2.75, 3.05) is 18.4 Å². The van der Waals surface area contributed by atoms with Gasteiger partial charge in [-0.05, 0) is 35.7 Å². The number of phenols is 1. The van der Waals surface area contributed by atoms with Gasteiger partial charge in [0.15, 0.2) is 0 Å². The maximum Gasteiger partial charge on any atom is 0.253 e. The Labute approximate surface area is 159 Å². The van der Waals surface area contributed by atoms with Gasteiger partial charge < -0.3 is 20.7 Å². The Morgan fingerprint density at radius 3 is 2.85 bits per heavy atom. The van der Waals surface area contributed by atoms with Crippen LogP contribution >= 0.6 is 11.3 Å². The van der Waals surface area contributed by atoms with Crippen molar-refractivity contribution in [3.05, 3.63) is 59.6 Å². The predicted octanol–water partition coefficient (Wildman–Crippen LogP) is 3.23. The molecule has 136 valence electrons. The van der Waals surface area contributed by atoms with Crippen molar-refractivity contribution < 1.29 is 9.90 Å². The van der Waals surface area contributed by atoms with E-state index in [1.54, 1.807) is 12.3 Å². The summed E-state index contributed by atoms with van der Waals surface area (Å²) < 4.78 is 0. The van der Waals surface area contributed by atoms with Crippen LogP contribution < -0.4 is 10.6 Å². The second-order valence-corrected chi connectivity index (χ2v) is 6.76.